The molecular formula is C27H19F2NO2. The van der Waals surface area contributed by atoms with Gasteiger partial charge in [-0.3, -0.25) is 4.79 Å². The normalized spacial score (nSPS) is 15.1. The molecule has 158 valence electrons. The van der Waals surface area contributed by atoms with Crippen molar-refractivity contribution >= 4 is 11.6 Å². The average molecular weight is 427 g/mol. The van der Waals surface area contributed by atoms with Crippen molar-refractivity contribution in [1.29, 1.82) is 0 Å². The number of carbonyl (C=O) groups is 1. The van der Waals surface area contributed by atoms with E-state index in [4.69, 9.17) is 0 Å². The van der Waals surface area contributed by atoms with Gasteiger partial charge < -0.3 is 10.0 Å². The second-order valence-corrected chi connectivity index (χ2v) is 7.76. The van der Waals surface area contributed by atoms with E-state index in [1.807, 2.05) is 66.7 Å². The van der Waals surface area contributed by atoms with Crippen LogP contribution in [0, 0.1) is 11.6 Å². The Bertz CT molecular complexity index is 1320. The zero-order chi connectivity index (χ0) is 22.2. The van der Waals surface area contributed by atoms with Gasteiger partial charge in [-0.05, 0) is 34.4 Å². The van der Waals surface area contributed by atoms with Crippen LogP contribution < -0.4 is 4.90 Å². The highest BCUT2D eigenvalue weighted by molar-refractivity contribution is 6.07. The summed E-state index contributed by atoms with van der Waals surface area (Å²) in [6.07, 6.45) is 0. The van der Waals surface area contributed by atoms with Crippen LogP contribution in [0.1, 0.15) is 22.6 Å². The van der Waals surface area contributed by atoms with Crippen molar-refractivity contribution in [2.75, 3.05) is 4.90 Å². The van der Waals surface area contributed by atoms with Crippen LogP contribution in [-0.2, 0) is 11.3 Å². The molecule has 32 heavy (non-hydrogen) atoms. The van der Waals surface area contributed by atoms with Gasteiger partial charge in [-0.15, -0.1) is 0 Å². The third-order valence-electron chi connectivity index (χ3n) is 5.86. The quantitative estimate of drug-likeness (QED) is 0.433. The maximum Gasteiger partial charge on any atom is 0.239 e. The predicted molar refractivity (Wildman–Crippen MR) is 119 cm³/mol. The van der Waals surface area contributed by atoms with E-state index in [1.54, 1.807) is 17.0 Å². The lowest BCUT2D eigenvalue weighted by molar-refractivity contribution is -0.118. The Hall–Kier alpha value is -3.99. The van der Waals surface area contributed by atoms with Crippen molar-refractivity contribution in [2.45, 2.75) is 12.5 Å². The van der Waals surface area contributed by atoms with Gasteiger partial charge in [0.25, 0.3) is 0 Å². The molecule has 4 aromatic carbocycles. The molecule has 0 aromatic heterocycles. The number of fused-ring (bicyclic) bond motifs is 1. The van der Waals surface area contributed by atoms with Crippen LogP contribution in [0.4, 0.5) is 14.5 Å². The van der Waals surface area contributed by atoms with Crippen LogP contribution in [-0.4, -0.2) is 11.0 Å². The number of rotatable bonds is 4. The molecule has 0 fully saturated rings. The van der Waals surface area contributed by atoms with E-state index in [-0.39, 0.29) is 11.5 Å². The molecule has 1 aliphatic rings. The molecule has 1 atom stereocenters. The highest BCUT2D eigenvalue weighted by Gasteiger charge is 2.40. The summed E-state index contributed by atoms with van der Waals surface area (Å²) in [4.78, 5) is 15.2. The maximum absolute atomic E-state index is 14.0. The first kappa shape index (κ1) is 19.9. The SMILES string of the molecule is O=C1C(c2cc(F)c(F)cc2O)c2ccccc2N1Cc1ccccc1-c1ccccc1. The summed E-state index contributed by atoms with van der Waals surface area (Å²) in [5.74, 6) is -3.90. The Morgan fingerprint density at radius 2 is 1.44 bits per heavy atom. The number of aromatic hydroxyl groups is 1. The summed E-state index contributed by atoms with van der Waals surface area (Å²) in [5, 5.41) is 10.3. The van der Waals surface area contributed by atoms with Crippen molar-refractivity contribution in [3.63, 3.8) is 0 Å². The predicted octanol–water partition coefficient (Wildman–Crippen LogP) is 6.02. The molecule has 5 heteroatoms. The molecular weight excluding hydrogens is 408 g/mol. The van der Waals surface area contributed by atoms with Crippen molar-refractivity contribution in [2.24, 2.45) is 0 Å². The maximum atomic E-state index is 14.0. The second kappa shape index (κ2) is 7.93. The van der Waals surface area contributed by atoms with Gasteiger partial charge in [-0.1, -0.05) is 72.8 Å². The van der Waals surface area contributed by atoms with Crippen LogP contribution in [0.2, 0.25) is 0 Å². The minimum atomic E-state index is -1.15. The topological polar surface area (TPSA) is 40.5 Å². The Morgan fingerprint density at radius 3 is 2.25 bits per heavy atom. The van der Waals surface area contributed by atoms with Crippen LogP contribution in [0.15, 0.2) is 91.0 Å². The minimum absolute atomic E-state index is 0.0557. The number of nitrogens with zero attached hydrogens (tertiary/aromatic N) is 1. The standard InChI is InChI=1S/C27H19F2NO2/c28-22-14-21(25(31)15-23(22)29)26-20-12-6-7-13-24(20)30(27(26)32)16-18-10-4-5-11-19(18)17-8-2-1-3-9-17/h1-15,26,31H,16H2. The molecule has 1 aliphatic heterocycles. The lowest BCUT2D eigenvalue weighted by atomic mass is 9.91. The van der Waals surface area contributed by atoms with E-state index in [0.717, 1.165) is 22.8 Å². The minimum Gasteiger partial charge on any atom is -0.508 e. The molecule has 0 saturated carbocycles. The number of benzene rings is 4. The van der Waals surface area contributed by atoms with Crippen molar-refractivity contribution in [3.8, 4) is 16.9 Å². The van der Waals surface area contributed by atoms with Gasteiger partial charge >= 0.3 is 0 Å². The zero-order valence-electron chi connectivity index (χ0n) is 17.0. The van der Waals surface area contributed by atoms with Gasteiger partial charge in [-0.25, -0.2) is 8.78 Å². The molecule has 1 N–H and O–H groups in total. The molecule has 1 unspecified atom stereocenters. The average Bonchev–Trinajstić information content (AvgIpc) is 3.08. The largest absolute Gasteiger partial charge is 0.508 e. The molecule has 0 saturated heterocycles. The summed E-state index contributed by atoms with van der Waals surface area (Å²) in [6, 6.07) is 26.6. The highest BCUT2D eigenvalue weighted by Crippen LogP contribution is 2.45. The van der Waals surface area contributed by atoms with E-state index in [2.05, 4.69) is 0 Å². The van der Waals surface area contributed by atoms with Crippen molar-refractivity contribution in [3.05, 3.63) is 119 Å². The zero-order valence-corrected chi connectivity index (χ0v) is 17.0. The number of phenolic OH excluding ortho intramolecular Hbond substituents is 1. The number of carbonyl (C=O) groups excluding carboxylic acids is 1. The molecule has 4 aromatic rings. The number of hydrogen-bond acceptors (Lipinski definition) is 2. The Kier molecular flexibility index (Phi) is 4.94. The Labute approximate surface area is 184 Å². The van der Waals surface area contributed by atoms with Gasteiger partial charge in [0.2, 0.25) is 5.91 Å². The van der Waals surface area contributed by atoms with Crippen molar-refractivity contribution < 1.29 is 18.7 Å². The number of halogens is 2. The second-order valence-electron chi connectivity index (χ2n) is 7.76. The summed E-state index contributed by atoms with van der Waals surface area (Å²) in [7, 11) is 0. The summed E-state index contributed by atoms with van der Waals surface area (Å²) in [6.45, 7) is 0.307. The van der Waals surface area contributed by atoms with E-state index in [1.165, 1.54) is 0 Å². The van der Waals surface area contributed by atoms with Crippen LogP contribution in [0.5, 0.6) is 5.75 Å². The number of amides is 1. The molecule has 5 rings (SSSR count). The highest BCUT2D eigenvalue weighted by atomic mass is 19.2. The first-order chi connectivity index (χ1) is 15.5. The third kappa shape index (κ3) is 3.32. The number of phenols is 1. The number of hydrogen-bond donors (Lipinski definition) is 1. The molecule has 0 bridgehead atoms. The summed E-state index contributed by atoms with van der Waals surface area (Å²) >= 11 is 0. The third-order valence-corrected chi connectivity index (χ3v) is 5.86. The fourth-order valence-corrected chi connectivity index (χ4v) is 4.36. The summed E-state index contributed by atoms with van der Waals surface area (Å²) < 4.78 is 27.6. The Morgan fingerprint density at radius 1 is 0.781 bits per heavy atom. The molecule has 0 aliphatic carbocycles. The summed E-state index contributed by atoms with van der Waals surface area (Å²) in [5.41, 5.74) is 4.40. The monoisotopic (exact) mass is 427 g/mol. The van der Waals surface area contributed by atoms with Crippen LogP contribution >= 0.6 is 0 Å². The molecule has 1 heterocycles. The molecule has 0 spiro atoms. The first-order valence-electron chi connectivity index (χ1n) is 10.3. The molecule has 3 nitrogen and oxygen atoms in total. The van der Waals surface area contributed by atoms with E-state index >= 15 is 0 Å². The first-order valence-corrected chi connectivity index (χ1v) is 10.3. The smallest absolute Gasteiger partial charge is 0.239 e. The number of anilines is 1. The fourth-order valence-electron chi connectivity index (χ4n) is 4.36. The molecule has 0 radical (unpaired) electrons. The number of para-hydroxylation sites is 1. The van der Waals surface area contributed by atoms with Crippen molar-refractivity contribution in [1.82, 2.24) is 0 Å². The Balaban J connectivity index is 1.58. The fraction of sp³-hybridized carbons (Fsp3) is 0.0741. The van der Waals surface area contributed by atoms with Crippen LogP contribution in [0.25, 0.3) is 11.1 Å². The van der Waals surface area contributed by atoms with Gasteiger partial charge in [0.05, 0.1) is 12.5 Å². The van der Waals surface area contributed by atoms with E-state index in [0.29, 0.717) is 23.9 Å². The van der Waals surface area contributed by atoms with Gasteiger partial charge in [0, 0.05) is 17.3 Å². The van der Waals surface area contributed by atoms with Gasteiger partial charge in [-0.2, -0.15) is 0 Å². The lowest BCUT2D eigenvalue weighted by Gasteiger charge is -2.20. The van der Waals surface area contributed by atoms with Gasteiger partial charge in [0.15, 0.2) is 11.6 Å². The van der Waals surface area contributed by atoms with Crippen LogP contribution in [0.3, 0.4) is 0 Å². The molecule has 1 amide bonds. The lowest BCUT2D eigenvalue weighted by Crippen LogP contribution is -2.29. The van der Waals surface area contributed by atoms with E-state index in [9.17, 15) is 18.7 Å². The van der Waals surface area contributed by atoms with E-state index < -0.39 is 23.3 Å². The van der Waals surface area contributed by atoms with Gasteiger partial charge in [0.1, 0.15) is 5.75 Å².